The van der Waals surface area contributed by atoms with Gasteiger partial charge in [0.2, 0.25) is 0 Å². The molecular formula is C16H18O2. The number of ether oxygens (including phenoxy) is 1. The summed E-state index contributed by atoms with van der Waals surface area (Å²) in [4.78, 5) is 0. The van der Waals surface area contributed by atoms with Crippen molar-refractivity contribution in [2.24, 2.45) is 0 Å². The zero-order valence-corrected chi connectivity index (χ0v) is 10.6. The van der Waals surface area contributed by atoms with E-state index in [1.807, 2.05) is 24.3 Å². The van der Waals surface area contributed by atoms with Crippen LogP contribution in [-0.2, 0) is 13.0 Å². The van der Waals surface area contributed by atoms with E-state index in [2.05, 4.69) is 31.2 Å². The van der Waals surface area contributed by atoms with Crippen molar-refractivity contribution in [3.05, 3.63) is 65.2 Å². The van der Waals surface area contributed by atoms with Gasteiger partial charge in [-0.3, -0.25) is 0 Å². The minimum absolute atomic E-state index is 0.0508. The fourth-order valence-corrected chi connectivity index (χ4v) is 1.78. The van der Waals surface area contributed by atoms with Crippen LogP contribution in [0.1, 0.15) is 16.7 Å². The molecule has 2 nitrogen and oxygen atoms in total. The van der Waals surface area contributed by atoms with Crippen LogP contribution in [0.4, 0.5) is 0 Å². The molecule has 2 aromatic rings. The van der Waals surface area contributed by atoms with Gasteiger partial charge in [-0.1, -0.05) is 42.0 Å². The van der Waals surface area contributed by atoms with E-state index < -0.39 is 0 Å². The lowest BCUT2D eigenvalue weighted by Crippen LogP contribution is -2.01. The Morgan fingerprint density at radius 1 is 1.00 bits per heavy atom. The number of aryl methyl sites for hydroxylation is 1. The highest BCUT2D eigenvalue weighted by Gasteiger charge is 1.97. The SMILES string of the molecule is Cc1ccc(CCOc2cccc(CO)c2)cc1. The molecular weight excluding hydrogens is 224 g/mol. The van der Waals surface area contributed by atoms with Crippen molar-refractivity contribution < 1.29 is 9.84 Å². The molecule has 0 bridgehead atoms. The Kier molecular flexibility index (Phi) is 4.37. The summed E-state index contributed by atoms with van der Waals surface area (Å²) < 4.78 is 5.67. The summed E-state index contributed by atoms with van der Waals surface area (Å²) in [5.41, 5.74) is 3.43. The Labute approximate surface area is 108 Å². The molecule has 0 aromatic heterocycles. The second-order valence-corrected chi connectivity index (χ2v) is 4.39. The molecule has 2 heteroatoms. The van der Waals surface area contributed by atoms with Gasteiger partial charge >= 0.3 is 0 Å². The molecule has 0 saturated carbocycles. The highest BCUT2D eigenvalue weighted by molar-refractivity contribution is 5.28. The number of aliphatic hydroxyl groups is 1. The van der Waals surface area contributed by atoms with Gasteiger partial charge in [0, 0.05) is 6.42 Å². The zero-order chi connectivity index (χ0) is 12.8. The number of hydrogen-bond donors (Lipinski definition) is 1. The highest BCUT2D eigenvalue weighted by atomic mass is 16.5. The van der Waals surface area contributed by atoms with Crippen LogP contribution in [0, 0.1) is 6.92 Å². The molecule has 1 N–H and O–H groups in total. The minimum Gasteiger partial charge on any atom is -0.493 e. The van der Waals surface area contributed by atoms with Gasteiger partial charge in [-0.05, 0) is 30.2 Å². The third-order valence-corrected chi connectivity index (χ3v) is 2.86. The van der Waals surface area contributed by atoms with E-state index in [0.29, 0.717) is 6.61 Å². The Balaban J connectivity index is 1.86. The van der Waals surface area contributed by atoms with Crippen LogP contribution >= 0.6 is 0 Å². The maximum Gasteiger partial charge on any atom is 0.119 e. The van der Waals surface area contributed by atoms with Gasteiger partial charge in [-0.25, -0.2) is 0 Å². The van der Waals surface area contributed by atoms with E-state index in [4.69, 9.17) is 9.84 Å². The molecule has 0 atom stereocenters. The molecule has 0 saturated heterocycles. The lowest BCUT2D eigenvalue weighted by atomic mass is 10.1. The summed E-state index contributed by atoms with van der Waals surface area (Å²) in [6, 6.07) is 16.0. The van der Waals surface area contributed by atoms with E-state index in [9.17, 15) is 0 Å². The van der Waals surface area contributed by atoms with Gasteiger partial charge in [0.05, 0.1) is 13.2 Å². The second kappa shape index (κ2) is 6.22. The molecule has 0 aliphatic heterocycles. The minimum atomic E-state index is 0.0508. The van der Waals surface area contributed by atoms with Crippen molar-refractivity contribution in [2.45, 2.75) is 20.0 Å². The third kappa shape index (κ3) is 3.60. The Morgan fingerprint density at radius 3 is 2.50 bits per heavy atom. The van der Waals surface area contributed by atoms with Crippen LogP contribution in [0.15, 0.2) is 48.5 Å². The summed E-state index contributed by atoms with van der Waals surface area (Å²) in [7, 11) is 0. The van der Waals surface area contributed by atoms with E-state index >= 15 is 0 Å². The number of rotatable bonds is 5. The fourth-order valence-electron chi connectivity index (χ4n) is 1.78. The highest BCUT2D eigenvalue weighted by Crippen LogP contribution is 2.14. The Bertz CT molecular complexity index is 489. The maximum atomic E-state index is 9.04. The largest absolute Gasteiger partial charge is 0.493 e. The molecule has 0 amide bonds. The maximum absolute atomic E-state index is 9.04. The van der Waals surface area contributed by atoms with Gasteiger partial charge < -0.3 is 9.84 Å². The molecule has 0 aliphatic rings. The van der Waals surface area contributed by atoms with Crippen LogP contribution in [0.3, 0.4) is 0 Å². The molecule has 0 aliphatic carbocycles. The number of aliphatic hydroxyl groups excluding tert-OH is 1. The van der Waals surface area contributed by atoms with Gasteiger partial charge in [0.15, 0.2) is 0 Å². The van der Waals surface area contributed by atoms with Crippen molar-refractivity contribution in [1.82, 2.24) is 0 Å². The second-order valence-electron chi connectivity index (χ2n) is 4.39. The average molecular weight is 242 g/mol. The van der Waals surface area contributed by atoms with Crippen LogP contribution in [0.2, 0.25) is 0 Å². The van der Waals surface area contributed by atoms with Crippen LogP contribution in [-0.4, -0.2) is 11.7 Å². The van der Waals surface area contributed by atoms with E-state index in [-0.39, 0.29) is 6.61 Å². The molecule has 2 rings (SSSR count). The quantitative estimate of drug-likeness (QED) is 0.873. The fraction of sp³-hybridized carbons (Fsp3) is 0.250. The predicted octanol–water partition coefficient (Wildman–Crippen LogP) is 3.11. The Morgan fingerprint density at radius 2 is 1.78 bits per heavy atom. The van der Waals surface area contributed by atoms with Gasteiger partial charge in [0.25, 0.3) is 0 Å². The predicted molar refractivity (Wildman–Crippen MR) is 72.7 cm³/mol. The summed E-state index contributed by atoms with van der Waals surface area (Å²) in [5.74, 6) is 0.814. The van der Waals surface area contributed by atoms with Crippen LogP contribution in [0.5, 0.6) is 5.75 Å². The summed E-state index contributed by atoms with van der Waals surface area (Å²) in [5, 5.41) is 9.04. The van der Waals surface area contributed by atoms with Gasteiger partial charge in [0.1, 0.15) is 5.75 Å². The first-order valence-corrected chi connectivity index (χ1v) is 6.16. The Hall–Kier alpha value is -1.80. The van der Waals surface area contributed by atoms with E-state index in [1.165, 1.54) is 11.1 Å². The van der Waals surface area contributed by atoms with Crippen LogP contribution < -0.4 is 4.74 Å². The van der Waals surface area contributed by atoms with Crippen molar-refractivity contribution >= 4 is 0 Å². The topological polar surface area (TPSA) is 29.5 Å². The molecule has 94 valence electrons. The molecule has 0 fully saturated rings. The van der Waals surface area contributed by atoms with Crippen LogP contribution in [0.25, 0.3) is 0 Å². The van der Waals surface area contributed by atoms with Gasteiger partial charge in [-0.2, -0.15) is 0 Å². The lowest BCUT2D eigenvalue weighted by Gasteiger charge is -2.07. The molecule has 18 heavy (non-hydrogen) atoms. The first kappa shape index (κ1) is 12.7. The first-order chi connectivity index (χ1) is 8.78. The normalized spacial score (nSPS) is 10.3. The zero-order valence-electron chi connectivity index (χ0n) is 10.6. The summed E-state index contributed by atoms with van der Waals surface area (Å²) >= 11 is 0. The van der Waals surface area contributed by atoms with Crippen molar-refractivity contribution in [2.75, 3.05) is 6.61 Å². The molecule has 0 unspecified atom stereocenters. The van der Waals surface area contributed by atoms with Crippen molar-refractivity contribution in [3.8, 4) is 5.75 Å². The molecule has 0 spiro atoms. The van der Waals surface area contributed by atoms with Crippen molar-refractivity contribution in [3.63, 3.8) is 0 Å². The number of benzene rings is 2. The molecule has 0 heterocycles. The molecule has 0 radical (unpaired) electrons. The summed E-state index contributed by atoms with van der Waals surface area (Å²) in [6.07, 6.45) is 0.892. The average Bonchev–Trinajstić information content (AvgIpc) is 2.41. The number of hydrogen-bond acceptors (Lipinski definition) is 2. The smallest absolute Gasteiger partial charge is 0.119 e. The third-order valence-electron chi connectivity index (χ3n) is 2.86. The van der Waals surface area contributed by atoms with E-state index in [1.54, 1.807) is 0 Å². The van der Waals surface area contributed by atoms with Gasteiger partial charge in [-0.15, -0.1) is 0 Å². The lowest BCUT2D eigenvalue weighted by molar-refractivity contribution is 0.279. The first-order valence-electron chi connectivity index (χ1n) is 6.16. The van der Waals surface area contributed by atoms with E-state index in [0.717, 1.165) is 17.7 Å². The monoisotopic (exact) mass is 242 g/mol. The standard InChI is InChI=1S/C16H18O2/c1-13-5-7-14(8-6-13)9-10-18-16-4-2-3-15(11-16)12-17/h2-8,11,17H,9-10,12H2,1H3. The molecule has 2 aromatic carbocycles. The van der Waals surface area contributed by atoms with Crippen molar-refractivity contribution in [1.29, 1.82) is 0 Å². The summed E-state index contributed by atoms with van der Waals surface area (Å²) in [6.45, 7) is 2.79.